The molecule has 0 spiro atoms. The summed E-state index contributed by atoms with van der Waals surface area (Å²) in [5.74, 6) is -2.82. The number of halogens is 3. The van der Waals surface area contributed by atoms with Crippen LogP contribution in [0.1, 0.15) is 51.3 Å². The lowest BCUT2D eigenvalue weighted by molar-refractivity contribution is -0.116. The lowest BCUT2D eigenvalue weighted by Crippen LogP contribution is -2.30. The van der Waals surface area contributed by atoms with Gasteiger partial charge in [0.05, 0.1) is 12.2 Å². The first-order chi connectivity index (χ1) is 21.4. The summed E-state index contributed by atoms with van der Waals surface area (Å²) in [6.07, 6.45) is 5.39. The van der Waals surface area contributed by atoms with Gasteiger partial charge in [-0.1, -0.05) is 6.08 Å². The number of aldehydes is 1. The topological polar surface area (TPSA) is 109 Å². The van der Waals surface area contributed by atoms with Gasteiger partial charge in [-0.05, 0) is 76.1 Å². The molecule has 2 heterocycles. The van der Waals surface area contributed by atoms with Gasteiger partial charge in [-0.25, -0.2) is 22.5 Å². The Balaban J connectivity index is 1.70. The molecular formula is C33H32F3N3O6. The Kier molecular flexibility index (Phi) is 10.3. The number of carbonyl (C=O) groups excluding carboxylic acids is 3. The number of aromatic nitrogens is 2. The molecule has 4 aromatic rings. The number of benzene rings is 2. The van der Waals surface area contributed by atoms with Gasteiger partial charge >= 0.3 is 6.09 Å². The van der Waals surface area contributed by atoms with Gasteiger partial charge in [0.15, 0.2) is 0 Å². The molecule has 0 aliphatic carbocycles. The second kappa shape index (κ2) is 14.1. The molecule has 1 N–H and O–H groups in total. The maximum absolute atomic E-state index is 14.7. The lowest BCUT2D eigenvalue weighted by atomic mass is 10.2. The molecule has 0 radical (unpaired) electrons. The molecular weight excluding hydrogens is 591 g/mol. The Morgan fingerprint density at radius 2 is 1.80 bits per heavy atom. The predicted octanol–water partition coefficient (Wildman–Crippen LogP) is 6.49. The van der Waals surface area contributed by atoms with Crippen molar-refractivity contribution in [2.45, 2.75) is 58.8 Å². The minimum Gasteiger partial charge on any atom is -0.486 e. The second-order valence-corrected chi connectivity index (χ2v) is 11.2. The van der Waals surface area contributed by atoms with Crippen molar-refractivity contribution in [2.24, 2.45) is 0 Å². The van der Waals surface area contributed by atoms with E-state index in [2.05, 4.69) is 5.32 Å². The third-order valence-electron chi connectivity index (χ3n) is 6.49. The van der Waals surface area contributed by atoms with Crippen LogP contribution in [0.4, 0.5) is 23.7 Å². The normalized spacial score (nSPS) is 11.6. The largest absolute Gasteiger partial charge is 0.486 e. The van der Waals surface area contributed by atoms with Crippen molar-refractivity contribution >= 4 is 34.9 Å². The van der Waals surface area contributed by atoms with E-state index in [1.807, 2.05) is 0 Å². The number of rotatable bonds is 11. The van der Waals surface area contributed by atoms with Crippen LogP contribution < -0.4 is 15.6 Å². The van der Waals surface area contributed by atoms with Crippen LogP contribution in [0.2, 0.25) is 0 Å². The fourth-order valence-electron chi connectivity index (χ4n) is 4.54. The number of ether oxygens (including phenoxy) is 2. The highest BCUT2D eigenvalue weighted by Crippen LogP contribution is 2.32. The fraction of sp³-hybridized carbons (Fsp3) is 0.273. The monoisotopic (exact) mass is 623 g/mol. The molecule has 9 nitrogen and oxygen atoms in total. The Bertz CT molecular complexity index is 1820. The highest BCUT2D eigenvalue weighted by molar-refractivity contribution is 5.95. The number of amides is 1. The SMILES string of the molecule is CC(C)(C)OC(=O)n1c(Cn2cccc(NC(=O)CCC/C=C/C=O)c2=O)cc2cc(F)cc(OCc3ccc(F)cc3F)c21. The number of unbranched alkanes of at least 4 members (excludes halogenated alkanes) is 1. The zero-order valence-electron chi connectivity index (χ0n) is 24.9. The van der Waals surface area contributed by atoms with Crippen LogP contribution in [0.5, 0.6) is 5.75 Å². The number of nitrogens with one attached hydrogen (secondary N) is 1. The highest BCUT2D eigenvalue weighted by Gasteiger charge is 2.25. The first-order valence-electron chi connectivity index (χ1n) is 14.1. The molecule has 2 aromatic heterocycles. The maximum atomic E-state index is 14.7. The Hall–Kier alpha value is -5.13. The molecule has 0 bridgehead atoms. The molecule has 236 valence electrons. The van der Waals surface area contributed by atoms with Gasteiger partial charge in [-0.3, -0.25) is 14.4 Å². The number of hydrogen-bond acceptors (Lipinski definition) is 6. The zero-order valence-corrected chi connectivity index (χ0v) is 24.9. The Labute approximate surface area is 256 Å². The van der Waals surface area contributed by atoms with Gasteiger partial charge < -0.3 is 19.4 Å². The summed E-state index contributed by atoms with van der Waals surface area (Å²) < 4.78 is 56.2. The second-order valence-electron chi connectivity index (χ2n) is 11.2. The van der Waals surface area contributed by atoms with Crippen molar-refractivity contribution < 1.29 is 37.0 Å². The first kappa shape index (κ1) is 32.8. The predicted molar refractivity (Wildman–Crippen MR) is 162 cm³/mol. The first-order valence-corrected chi connectivity index (χ1v) is 14.1. The van der Waals surface area contributed by atoms with Crippen molar-refractivity contribution in [3.8, 4) is 5.75 Å². The molecule has 0 aliphatic rings. The standard InChI is InChI=1S/C33H32F3N3O6/c1-33(2,3)45-32(43)39-25(19-38-13-8-9-27(31(38)42)37-29(41)10-6-4-5-7-14-40)16-22-15-24(35)18-28(30(22)39)44-20-21-11-12-23(34)17-26(21)36/h5,7-9,11-18H,4,6,10,19-20H2,1-3H3,(H,37,41)/b7-5+. The van der Waals surface area contributed by atoms with Crippen LogP contribution in [-0.2, 0) is 27.5 Å². The number of anilines is 1. The van der Waals surface area contributed by atoms with Crippen LogP contribution in [0.15, 0.2) is 71.7 Å². The van der Waals surface area contributed by atoms with Crippen LogP contribution in [0, 0.1) is 17.5 Å². The average Bonchev–Trinajstić information content (AvgIpc) is 3.31. The minimum atomic E-state index is -0.923. The van der Waals surface area contributed by atoms with E-state index < -0.39 is 41.3 Å². The summed E-state index contributed by atoms with van der Waals surface area (Å²) in [6.45, 7) is 4.42. The summed E-state index contributed by atoms with van der Waals surface area (Å²) >= 11 is 0. The van der Waals surface area contributed by atoms with Gasteiger partial charge in [0.1, 0.15) is 52.9 Å². The number of carbonyl (C=O) groups is 3. The third kappa shape index (κ3) is 8.49. The summed E-state index contributed by atoms with van der Waals surface area (Å²) in [5.41, 5.74) is -1.11. The van der Waals surface area contributed by atoms with Crippen molar-refractivity contribution in [1.29, 1.82) is 0 Å². The number of allylic oxidation sites excluding steroid dienone is 2. The molecule has 2 aromatic carbocycles. The van der Waals surface area contributed by atoms with Crippen molar-refractivity contribution in [3.63, 3.8) is 0 Å². The van der Waals surface area contributed by atoms with E-state index in [1.54, 1.807) is 32.9 Å². The number of pyridine rings is 1. The van der Waals surface area contributed by atoms with E-state index in [0.717, 1.165) is 16.7 Å². The van der Waals surface area contributed by atoms with Crippen LogP contribution in [0.25, 0.3) is 10.9 Å². The van der Waals surface area contributed by atoms with Crippen LogP contribution in [0.3, 0.4) is 0 Å². The van der Waals surface area contributed by atoms with E-state index in [1.165, 1.54) is 41.1 Å². The summed E-state index contributed by atoms with van der Waals surface area (Å²) in [6, 6.07) is 9.66. The van der Waals surface area contributed by atoms with E-state index in [0.29, 0.717) is 25.2 Å². The number of hydrogen-bond donors (Lipinski definition) is 1. The minimum absolute atomic E-state index is 0.00671. The quantitative estimate of drug-likeness (QED) is 0.116. The molecule has 12 heteroatoms. The molecule has 1 amide bonds. The van der Waals surface area contributed by atoms with Crippen LogP contribution >= 0.6 is 0 Å². The lowest BCUT2D eigenvalue weighted by Gasteiger charge is -2.21. The Morgan fingerprint density at radius 1 is 1.02 bits per heavy atom. The smallest absolute Gasteiger partial charge is 0.419 e. The molecule has 0 fully saturated rings. The summed E-state index contributed by atoms with van der Waals surface area (Å²) in [7, 11) is 0. The molecule has 4 rings (SSSR count). The molecule has 0 atom stereocenters. The summed E-state index contributed by atoms with van der Waals surface area (Å²) in [5, 5.41) is 2.83. The van der Waals surface area contributed by atoms with E-state index in [-0.39, 0.29) is 52.5 Å². The van der Waals surface area contributed by atoms with Crippen LogP contribution in [-0.4, -0.2) is 33.0 Å². The van der Waals surface area contributed by atoms with E-state index >= 15 is 0 Å². The average molecular weight is 624 g/mol. The van der Waals surface area contributed by atoms with Gasteiger partial charge in [0.2, 0.25) is 5.91 Å². The van der Waals surface area contributed by atoms with Crippen molar-refractivity contribution in [1.82, 2.24) is 9.13 Å². The van der Waals surface area contributed by atoms with Gasteiger partial charge in [-0.15, -0.1) is 0 Å². The molecule has 0 saturated heterocycles. The Morgan fingerprint density at radius 3 is 2.51 bits per heavy atom. The zero-order chi connectivity index (χ0) is 32.7. The number of fused-ring (bicyclic) bond motifs is 1. The fourth-order valence-corrected chi connectivity index (χ4v) is 4.54. The molecule has 0 unspecified atom stereocenters. The molecule has 0 saturated carbocycles. The molecule has 0 aliphatic heterocycles. The third-order valence-corrected chi connectivity index (χ3v) is 6.49. The molecule has 45 heavy (non-hydrogen) atoms. The maximum Gasteiger partial charge on any atom is 0.419 e. The van der Waals surface area contributed by atoms with Gasteiger partial charge in [-0.2, -0.15) is 0 Å². The van der Waals surface area contributed by atoms with Crippen molar-refractivity contribution in [3.05, 3.63) is 106 Å². The number of nitrogens with zero attached hydrogens (tertiary/aromatic N) is 2. The van der Waals surface area contributed by atoms with Crippen molar-refractivity contribution in [2.75, 3.05) is 5.32 Å². The summed E-state index contributed by atoms with van der Waals surface area (Å²) in [4.78, 5) is 49.6. The van der Waals surface area contributed by atoms with E-state index in [9.17, 15) is 32.3 Å². The van der Waals surface area contributed by atoms with Gasteiger partial charge in [0, 0.05) is 35.7 Å². The highest BCUT2D eigenvalue weighted by atomic mass is 19.1. The van der Waals surface area contributed by atoms with Gasteiger partial charge in [0.25, 0.3) is 5.56 Å². The van der Waals surface area contributed by atoms with E-state index in [4.69, 9.17) is 9.47 Å².